The zero-order valence-corrected chi connectivity index (χ0v) is 14.7. The quantitative estimate of drug-likeness (QED) is 0.336. The van der Waals surface area contributed by atoms with Crippen molar-refractivity contribution in [3.63, 3.8) is 0 Å². The van der Waals surface area contributed by atoms with E-state index in [2.05, 4.69) is 18.5 Å². The van der Waals surface area contributed by atoms with Crippen molar-refractivity contribution in [1.29, 1.82) is 0 Å². The lowest BCUT2D eigenvalue weighted by molar-refractivity contribution is 0.103. The number of nitrogens with one attached hydrogen (secondary N) is 1. The number of rotatable bonds is 8. The van der Waals surface area contributed by atoms with Crippen LogP contribution >= 0.6 is 0 Å². The van der Waals surface area contributed by atoms with Crippen molar-refractivity contribution < 1.29 is 19.1 Å². The van der Waals surface area contributed by atoms with E-state index < -0.39 is 6.09 Å². The Balaban J connectivity index is 1.81. The monoisotopic (exact) mass is 351 g/mol. The summed E-state index contributed by atoms with van der Waals surface area (Å²) in [5.74, 6) is 0.745. The van der Waals surface area contributed by atoms with Gasteiger partial charge in [0.15, 0.2) is 5.78 Å². The summed E-state index contributed by atoms with van der Waals surface area (Å²) in [6.07, 6.45) is -0.600. The third-order valence-electron chi connectivity index (χ3n) is 3.49. The van der Waals surface area contributed by atoms with Gasteiger partial charge >= 0.3 is 6.09 Å². The Morgan fingerprint density at radius 1 is 0.962 bits per heavy atom. The number of amides is 1. The van der Waals surface area contributed by atoms with Gasteiger partial charge in [0.2, 0.25) is 0 Å². The summed E-state index contributed by atoms with van der Waals surface area (Å²) in [4.78, 5) is 24.0. The first-order chi connectivity index (χ1) is 12.5. The van der Waals surface area contributed by atoms with Gasteiger partial charge in [0.25, 0.3) is 0 Å². The fourth-order valence-corrected chi connectivity index (χ4v) is 2.02. The molecule has 5 heteroatoms. The van der Waals surface area contributed by atoms with Crippen molar-refractivity contribution in [1.82, 2.24) is 5.32 Å². The van der Waals surface area contributed by atoms with E-state index in [0.717, 1.165) is 5.57 Å². The Kier molecular flexibility index (Phi) is 6.74. The first kappa shape index (κ1) is 19.0. The number of carbonyl (C=O) groups is 2. The van der Waals surface area contributed by atoms with Crippen LogP contribution in [0, 0.1) is 0 Å². The third kappa shape index (κ3) is 5.63. The van der Waals surface area contributed by atoms with Gasteiger partial charge in [-0.05, 0) is 36.8 Å². The number of allylic oxidation sites excluding steroid dienone is 1. The minimum Gasteiger partial charge on any atom is -0.492 e. The number of ether oxygens (including phenoxy) is 2. The molecular weight excluding hydrogens is 330 g/mol. The van der Waals surface area contributed by atoms with Crippen LogP contribution in [0.5, 0.6) is 5.75 Å². The molecular formula is C21H21NO4. The molecule has 0 aromatic heterocycles. The van der Waals surface area contributed by atoms with E-state index in [9.17, 15) is 9.59 Å². The second-order valence-electron chi connectivity index (χ2n) is 5.59. The lowest BCUT2D eigenvalue weighted by atomic mass is 10.0. The summed E-state index contributed by atoms with van der Waals surface area (Å²) in [6, 6.07) is 15.4. The third-order valence-corrected chi connectivity index (χ3v) is 3.49. The predicted molar refractivity (Wildman–Crippen MR) is 100 cm³/mol. The molecule has 2 aromatic carbocycles. The Morgan fingerprint density at radius 2 is 1.58 bits per heavy atom. The molecule has 0 saturated carbocycles. The fraction of sp³-hybridized carbons (Fsp3) is 0.143. The SMILES string of the molecule is C=C(C)C(=C)OCCNC(=O)Oc1ccc(C(=O)c2ccccc2)cc1. The van der Waals surface area contributed by atoms with Crippen LogP contribution in [0.15, 0.2) is 79.1 Å². The number of carbonyl (C=O) groups excluding carboxylic acids is 2. The first-order valence-electron chi connectivity index (χ1n) is 8.10. The molecule has 0 heterocycles. The highest BCUT2D eigenvalue weighted by Gasteiger charge is 2.09. The van der Waals surface area contributed by atoms with Crippen LogP contribution in [0.4, 0.5) is 4.79 Å². The van der Waals surface area contributed by atoms with Crippen molar-refractivity contribution >= 4 is 11.9 Å². The molecule has 0 unspecified atom stereocenters. The number of hydrogen-bond donors (Lipinski definition) is 1. The van der Waals surface area contributed by atoms with Crippen molar-refractivity contribution in [2.24, 2.45) is 0 Å². The zero-order chi connectivity index (χ0) is 18.9. The van der Waals surface area contributed by atoms with Gasteiger partial charge in [-0.25, -0.2) is 4.79 Å². The van der Waals surface area contributed by atoms with Gasteiger partial charge in [0, 0.05) is 11.1 Å². The maximum absolute atomic E-state index is 12.3. The molecule has 26 heavy (non-hydrogen) atoms. The van der Waals surface area contributed by atoms with E-state index in [0.29, 0.717) is 22.6 Å². The van der Waals surface area contributed by atoms with Gasteiger partial charge in [0.1, 0.15) is 18.1 Å². The largest absolute Gasteiger partial charge is 0.492 e. The van der Waals surface area contributed by atoms with E-state index in [4.69, 9.17) is 9.47 Å². The van der Waals surface area contributed by atoms with Gasteiger partial charge < -0.3 is 14.8 Å². The van der Waals surface area contributed by atoms with Crippen LogP contribution in [-0.4, -0.2) is 25.0 Å². The number of hydrogen-bond acceptors (Lipinski definition) is 4. The second kappa shape index (κ2) is 9.22. The Labute approximate surface area is 152 Å². The predicted octanol–water partition coefficient (Wildman–Crippen LogP) is 4.11. The molecule has 1 N–H and O–H groups in total. The van der Waals surface area contributed by atoms with Crippen molar-refractivity contribution in [3.05, 3.63) is 90.2 Å². The highest BCUT2D eigenvalue weighted by atomic mass is 16.6. The average molecular weight is 351 g/mol. The molecule has 0 aliphatic carbocycles. The lowest BCUT2D eigenvalue weighted by Gasteiger charge is -2.10. The summed E-state index contributed by atoms with van der Waals surface area (Å²) in [5.41, 5.74) is 1.86. The molecule has 2 rings (SSSR count). The highest BCUT2D eigenvalue weighted by Crippen LogP contribution is 2.15. The molecule has 0 aliphatic heterocycles. The molecule has 134 valence electrons. The Hall–Kier alpha value is -3.34. The molecule has 0 bridgehead atoms. The summed E-state index contributed by atoms with van der Waals surface area (Å²) < 4.78 is 10.4. The molecule has 0 saturated heterocycles. The van der Waals surface area contributed by atoms with Crippen LogP contribution in [0.25, 0.3) is 0 Å². The number of benzene rings is 2. The van der Waals surface area contributed by atoms with Crippen LogP contribution in [0.3, 0.4) is 0 Å². The maximum atomic E-state index is 12.3. The van der Waals surface area contributed by atoms with Crippen molar-refractivity contribution in [2.75, 3.05) is 13.2 Å². The van der Waals surface area contributed by atoms with Gasteiger partial charge in [-0.15, -0.1) is 0 Å². The van der Waals surface area contributed by atoms with Crippen molar-refractivity contribution in [3.8, 4) is 5.75 Å². The molecule has 1 amide bonds. The van der Waals surface area contributed by atoms with Gasteiger partial charge in [-0.3, -0.25) is 4.79 Å². The average Bonchev–Trinajstić information content (AvgIpc) is 2.65. The molecule has 0 radical (unpaired) electrons. The van der Waals surface area contributed by atoms with Crippen LogP contribution in [0.2, 0.25) is 0 Å². The standard InChI is InChI=1S/C21H21NO4/c1-15(2)16(3)25-14-13-22-21(24)26-19-11-9-18(10-12-19)20(23)17-7-5-4-6-8-17/h4-12H,1,3,13-14H2,2H3,(H,22,24). The molecule has 0 spiro atoms. The van der Waals surface area contributed by atoms with E-state index in [-0.39, 0.29) is 18.9 Å². The minimum absolute atomic E-state index is 0.0866. The Morgan fingerprint density at radius 3 is 2.19 bits per heavy atom. The van der Waals surface area contributed by atoms with Crippen LogP contribution < -0.4 is 10.1 Å². The van der Waals surface area contributed by atoms with Crippen LogP contribution in [-0.2, 0) is 4.74 Å². The maximum Gasteiger partial charge on any atom is 0.412 e. The Bertz CT molecular complexity index is 795. The molecule has 0 fully saturated rings. The van der Waals surface area contributed by atoms with E-state index in [1.807, 2.05) is 18.2 Å². The smallest absolute Gasteiger partial charge is 0.412 e. The molecule has 0 atom stereocenters. The topological polar surface area (TPSA) is 64.6 Å². The summed E-state index contributed by atoms with van der Waals surface area (Å²) in [7, 11) is 0. The first-order valence-corrected chi connectivity index (χ1v) is 8.10. The van der Waals surface area contributed by atoms with E-state index >= 15 is 0 Å². The van der Waals surface area contributed by atoms with Crippen LogP contribution in [0.1, 0.15) is 22.8 Å². The van der Waals surface area contributed by atoms with Crippen molar-refractivity contribution in [2.45, 2.75) is 6.92 Å². The second-order valence-corrected chi connectivity index (χ2v) is 5.59. The zero-order valence-electron chi connectivity index (χ0n) is 14.7. The van der Waals surface area contributed by atoms with Gasteiger partial charge in [0.05, 0.1) is 6.54 Å². The normalized spacial score (nSPS) is 9.88. The summed E-state index contributed by atoms with van der Waals surface area (Å²) >= 11 is 0. The lowest BCUT2D eigenvalue weighted by Crippen LogP contribution is -2.30. The summed E-state index contributed by atoms with van der Waals surface area (Å²) in [5, 5.41) is 2.56. The van der Waals surface area contributed by atoms with E-state index in [1.165, 1.54) is 0 Å². The molecule has 2 aromatic rings. The summed E-state index contributed by atoms with van der Waals surface area (Å²) in [6.45, 7) is 9.72. The highest BCUT2D eigenvalue weighted by molar-refractivity contribution is 6.09. The number of ketones is 1. The fourth-order valence-electron chi connectivity index (χ4n) is 2.02. The molecule has 0 aliphatic rings. The van der Waals surface area contributed by atoms with Gasteiger partial charge in [-0.2, -0.15) is 0 Å². The minimum atomic E-state index is -0.600. The van der Waals surface area contributed by atoms with Gasteiger partial charge in [-0.1, -0.05) is 43.5 Å². The molecule has 5 nitrogen and oxygen atoms in total. The van der Waals surface area contributed by atoms with E-state index in [1.54, 1.807) is 43.3 Å².